The van der Waals surface area contributed by atoms with Gasteiger partial charge in [0.15, 0.2) is 0 Å². The van der Waals surface area contributed by atoms with Crippen molar-refractivity contribution < 1.29 is 23.1 Å². The summed E-state index contributed by atoms with van der Waals surface area (Å²) in [5.74, 6) is -0.491. The normalized spacial score (nSPS) is 15.1. The van der Waals surface area contributed by atoms with Crippen LogP contribution in [0.15, 0.2) is 78.9 Å². The number of benzene rings is 3. The number of hydrogen-bond acceptors (Lipinski definition) is 3. The van der Waals surface area contributed by atoms with Crippen molar-refractivity contribution in [3.8, 4) is 5.75 Å². The van der Waals surface area contributed by atoms with Crippen molar-refractivity contribution >= 4 is 11.8 Å². The Balaban J connectivity index is 1.55. The molecule has 0 radical (unpaired) electrons. The molecule has 1 N–H and O–H groups in total. The number of amides is 2. The highest BCUT2D eigenvalue weighted by atomic mass is 19.3. The highest BCUT2D eigenvalue weighted by Crippen LogP contribution is 2.35. The Hall–Kier alpha value is -3.74. The third kappa shape index (κ3) is 4.55. The molecule has 2 amide bonds. The van der Waals surface area contributed by atoms with Crippen LogP contribution in [0.5, 0.6) is 5.75 Å². The molecule has 3 aromatic carbocycles. The van der Waals surface area contributed by atoms with Gasteiger partial charge in [-0.25, -0.2) is 0 Å². The molecule has 1 heterocycles. The van der Waals surface area contributed by atoms with Crippen LogP contribution in [0.3, 0.4) is 0 Å². The predicted octanol–water partition coefficient (Wildman–Crippen LogP) is 4.30. The van der Waals surface area contributed by atoms with Crippen LogP contribution in [0, 0.1) is 0 Å². The quantitative estimate of drug-likeness (QED) is 0.618. The van der Waals surface area contributed by atoms with Gasteiger partial charge in [-0.05, 0) is 34.9 Å². The third-order valence-corrected chi connectivity index (χ3v) is 5.12. The molecule has 4 rings (SSSR count). The molecule has 158 valence electrons. The Bertz CT molecular complexity index is 1070. The number of fused-ring (bicyclic) bond motifs is 1. The first-order valence-corrected chi connectivity index (χ1v) is 9.78. The number of ether oxygens (including phenoxy) is 1. The number of carbonyl (C=O) groups excluding carboxylic acids is 2. The standard InChI is InChI=1S/C24H20F2N2O3/c25-24(26)31-18-12-10-17(11-13-18)15-28-21(19-8-4-5-9-20(19)23(28)30)22(29)27-14-16-6-2-1-3-7-16/h1-13,21,24H,14-15H2,(H,27,29). The maximum absolute atomic E-state index is 13.1. The van der Waals surface area contributed by atoms with Gasteiger partial charge in [0.2, 0.25) is 5.91 Å². The molecule has 0 fully saturated rings. The van der Waals surface area contributed by atoms with Gasteiger partial charge in [-0.2, -0.15) is 8.78 Å². The van der Waals surface area contributed by atoms with Crippen molar-refractivity contribution in [1.29, 1.82) is 0 Å². The summed E-state index contributed by atoms with van der Waals surface area (Å²) >= 11 is 0. The molecule has 7 heteroatoms. The summed E-state index contributed by atoms with van der Waals surface area (Å²) < 4.78 is 29.1. The van der Waals surface area contributed by atoms with Gasteiger partial charge in [-0.1, -0.05) is 60.7 Å². The fourth-order valence-electron chi connectivity index (χ4n) is 3.67. The van der Waals surface area contributed by atoms with Crippen LogP contribution < -0.4 is 10.1 Å². The van der Waals surface area contributed by atoms with E-state index in [9.17, 15) is 18.4 Å². The first-order chi connectivity index (χ1) is 15.0. The smallest absolute Gasteiger partial charge is 0.387 e. The van der Waals surface area contributed by atoms with E-state index in [4.69, 9.17) is 0 Å². The number of nitrogens with zero attached hydrogens (tertiary/aromatic N) is 1. The molecule has 1 unspecified atom stereocenters. The first-order valence-electron chi connectivity index (χ1n) is 9.78. The molecule has 0 saturated carbocycles. The molecule has 0 spiro atoms. The van der Waals surface area contributed by atoms with Crippen LogP contribution in [0.4, 0.5) is 8.78 Å². The Labute approximate surface area is 178 Å². The van der Waals surface area contributed by atoms with Crippen LogP contribution in [0.2, 0.25) is 0 Å². The van der Waals surface area contributed by atoms with E-state index < -0.39 is 12.7 Å². The number of hydrogen-bond donors (Lipinski definition) is 1. The predicted molar refractivity (Wildman–Crippen MR) is 110 cm³/mol. The molecule has 0 aromatic heterocycles. The second kappa shape index (κ2) is 8.95. The zero-order valence-corrected chi connectivity index (χ0v) is 16.5. The van der Waals surface area contributed by atoms with Crippen molar-refractivity contribution in [3.05, 3.63) is 101 Å². The number of carbonyl (C=O) groups is 2. The van der Waals surface area contributed by atoms with E-state index in [1.807, 2.05) is 30.3 Å². The van der Waals surface area contributed by atoms with E-state index in [0.717, 1.165) is 5.56 Å². The summed E-state index contributed by atoms with van der Waals surface area (Å²) in [6.45, 7) is -2.40. The van der Waals surface area contributed by atoms with Crippen LogP contribution >= 0.6 is 0 Å². The zero-order chi connectivity index (χ0) is 21.8. The van der Waals surface area contributed by atoms with Crippen LogP contribution in [-0.4, -0.2) is 23.3 Å². The first kappa shape index (κ1) is 20.5. The molecular formula is C24H20F2N2O3. The average molecular weight is 422 g/mol. The average Bonchev–Trinajstić information content (AvgIpc) is 3.05. The maximum Gasteiger partial charge on any atom is 0.387 e. The Morgan fingerprint density at radius 3 is 2.32 bits per heavy atom. The van der Waals surface area contributed by atoms with Gasteiger partial charge in [0.25, 0.3) is 5.91 Å². The van der Waals surface area contributed by atoms with Gasteiger partial charge >= 0.3 is 6.61 Å². The van der Waals surface area contributed by atoms with E-state index in [1.165, 1.54) is 17.0 Å². The molecule has 3 aromatic rings. The molecular weight excluding hydrogens is 402 g/mol. The summed E-state index contributed by atoms with van der Waals surface area (Å²) in [5, 5.41) is 2.91. The molecule has 5 nitrogen and oxygen atoms in total. The van der Waals surface area contributed by atoms with E-state index in [0.29, 0.717) is 23.2 Å². The molecule has 1 atom stereocenters. The van der Waals surface area contributed by atoms with Crippen molar-refractivity contribution in [3.63, 3.8) is 0 Å². The van der Waals surface area contributed by atoms with Gasteiger partial charge in [-0.3, -0.25) is 9.59 Å². The SMILES string of the molecule is O=C(NCc1ccccc1)C1c2ccccc2C(=O)N1Cc1ccc(OC(F)F)cc1. The molecule has 0 aliphatic carbocycles. The minimum absolute atomic E-state index is 0.0342. The number of alkyl halides is 2. The molecule has 1 aliphatic heterocycles. The lowest BCUT2D eigenvalue weighted by atomic mass is 10.0. The molecule has 0 bridgehead atoms. The van der Waals surface area contributed by atoms with Gasteiger partial charge in [0.1, 0.15) is 11.8 Å². The van der Waals surface area contributed by atoms with Crippen molar-refractivity contribution in [2.75, 3.05) is 0 Å². The summed E-state index contributed by atoms with van der Waals surface area (Å²) in [6, 6.07) is 21.8. The monoisotopic (exact) mass is 422 g/mol. The molecule has 1 aliphatic rings. The van der Waals surface area contributed by atoms with E-state index in [2.05, 4.69) is 10.1 Å². The van der Waals surface area contributed by atoms with Gasteiger partial charge in [0.05, 0.1) is 0 Å². The fraction of sp³-hybridized carbons (Fsp3) is 0.167. The lowest BCUT2D eigenvalue weighted by Gasteiger charge is -2.25. The second-order valence-corrected chi connectivity index (χ2v) is 7.15. The largest absolute Gasteiger partial charge is 0.435 e. The zero-order valence-electron chi connectivity index (χ0n) is 16.5. The minimum atomic E-state index is -2.90. The lowest BCUT2D eigenvalue weighted by molar-refractivity contribution is -0.125. The second-order valence-electron chi connectivity index (χ2n) is 7.15. The Morgan fingerprint density at radius 1 is 0.935 bits per heavy atom. The van der Waals surface area contributed by atoms with Crippen LogP contribution in [0.1, 0.15) is 33.1 Å². The summed E-state index contributed by atoms with van der Waals surface area (Å²) in [4.78, 5) is 27.6. The van der Waals surface area contributed by atoms with E-state index in [1.54, 1.807) is 36.4 Å². The van der Waals surface area contributed by atoms with E-state index in [-0.39, 0.29) is 24.1 Å². The van der Waals surface area contributed by atoms with Gasteiger partial charge in [0, 0.05) is 18.7 Å². The topological polar surface area (TPSA) is 58.6 Å². The van der Waals surface area contributed by atoms with Crippen molar-refractivity contribution in [2.45, 2.75) is 25.7 Å². The van der Waals surface area contributed by atoms with Crippen LogP contribution in [-0.2, 0) is 17.9 Å². The van der Waals surface area contributed by atoms with Crippen molar-refractivity contribution in [1.82, 2.24) is 10.2 Å². The van der Waals surface area contributed by atoms with Gasteiger partial charge in [-0.15, -0.1) is 0 Å². The highest BCUT2D eigenvalue weighted by molar-refractivity contribution is 6.04. The Morgan fingerprint density at radius 2 is 1.61 bits per heavy atom. The van der Waals surface area contributed by atoms with E-state index >= 15 is 0 Å². The molecule has 31 heavy (non-hydrogen) atoms. The Kier molecular flexibility index (Phi) is 5.93. The number of halogens is 2. The fourth-order valence-corrected chi connectivity index (χ4v) is 3.67. The summed E-state index contributed by atoms with van der Waals surface area (Å²) in [6.07, 6.45) is 0. The summed E-state index contributed by atoms with van der Waals surface area (Å²) in [7, 11) is 0. The maximum atomic E-state index is 13.1. The highest BCUT2D eigenvalue weighted by Gasteiger charge is 2.40. The molecule has 0 saturated heterocycles. The van der Waals surface area contributed by atoms with Crippen molar-refractivity contribution in [2.24, 2.45) is 0 Å². The number of nitrogens with one attached hydrogen (secondary N) is 1. The van der Waals surface area contributed by atoms with Gasteiger partial charge < -0.3 is 15.0 Å². The summed E-state index contributed by atoms with van der Waals surface area (Å²) in [5.41, 5.74) is 2.79. The van der Waals surface area contributed by atoms with Crippen LogP contribution in [0.25, 0.3) is 0 Å². The number of rotatable bonds is 7. The lowest BCUT2D eigenvalue weighted by Crippen LogP contribution is -2.38. The minimum Gasteiger partial charge on any atom is -0.435 e. The third-order valence-electron chi connectivity index (χ3n) is 5.12.